The molecule has 1 unspecified atom stereocenters. The number of aryl methyl sites for hydroxylation is 1. The molecule has 6 heteroatoms. The number of esters is 2. The lowest BCUT2D eigenvalue weighted by molar-refractivity contribution is -0.156. The highest BCUT2D eigenvalue weighted by atomic mass is 16.6. The number of fused-ring (bicyclic) bond motifs is 1. The average molecular weight is 347 g/mol. The summed E-state index contributed by atoms with van der Waals surface area (Å²) in [5, 5.41) is 1.81. The molecule has 0 aliphatic heterocycles. The highest BCUT2D eigenvalue weighted by Crippen LogP contribution is 2.24. The number of rotatable bonds is 6. The molecule has 0 amide bonds. The molecule has 0 saturated heterocycles. The van der Waals surface area contributed by atoms with Crippen molar-refractivity contribution in [1.29, 1.82) is 0 Å². The van der Waals surface area contributed by atoms with Crippen molar-refractivity contribution in [2.24, 2.45) is 5.73 Å². The number of carbonyl (C=O) groups is 2. The summed E-state index contributed by atoms with van der Waals surface area (Å²) in [7, 11) is 1.38. The minimum Gasteiger partial charge on any atom is -0.469 e. The van der Waals surface area contributed by atoms with Gasteiger partial charge < -0.3 is 19.6 Å². The van der Waals surface area contributed by atoms with Gasteiger partial charge in [0, 0.05) is 23.6 Å². The molecule has 1 aromatic carbocycles. The molecular formula is C19H25NO5. The van der Waals surface area contributed by atoms with Gasteiger partial charge in [0.25, 0.3) is 0 Å². The maximum absolute atomic E-state index is 12.0. The summed E-state index contributed by atoms with van der Waals surface area (Å²) in [6, 6.07) is 5.03. The fraction of sp³-hybridized carbons (Fsp3) is 0.474. The van der Waals surface area contributed by atoms with Crippen molar-refractivity contribution in [3.05, 3.63) is 35.8 Å². The smallest absolute Gasteiger partial charge is 0.323 e. The summed E-state index contributed by atoms with van der Waals surface area (Å²) < 4.78 is 15.5. The van der Waals surface area contributed by atoms with E-state index in [1.54, 1.807) is 27.0 Å². The van der Waals surface area contributed by atoms with Gasteiger partial charge in [-0.15, -0.1) is 0 Å². The topological polar surface area (TPSA) is 91.8 Å². The van der Waals surface area contributed by atoms with Crippen LogP contribution in [-0.4, -0.2) is 30.7 Å². The number of methoxy groups -OCH3 is 1. The van der Waals surface area contributed by atoms with Crippen LogP contribution in [0.5, 0.6) is 0 Å². The third-order valence-electron chi connectivity index (χ3n) is 3.70. The Morgan fingerprint density at radius 2 is 2.00 bits per heavy atom. The van der Waals surface area contributed by atoms with E-state index in [9.17, 15) is 9.59 Å². The van der Waals surface area contributed by atoms with Gasteiger partial charge in [0.15, 0.2) is 0 Å². The highest BCUT2D eigenvalue weighted by molar-refractivity contribution is 5.86. The van der Waals surface area contributed by atoms with Gasteiger partial charge in [0.2, 0.25) is 0 Å². The molecule has 136 valence electrons. The van der Waals surface area contributed by atoms with Gasteiger partial charge in [-0.2, -0.15) is 0 Å². The van der Waals surface area contributed by atoms with Crippen molar-refractivity contribution in [3.8, 4) is 0 Å². The SMILES string of the molecule is COC(=O)CCc1ccc2c(CC(N)C(=O)OC(C)(C)C)occ2c1. The first-order valence-electron chi connectivity index (χ1n) is 8.24. The Hall–Kier alpha value is -2.34. The second-order valence-corrected chi connectivity index (χ2v) is 7.00. The van der Waals surface area contributed by atoms with Gasteiger partial charge in [-0.25, -0.2) is 0 Å². The summed E-state index contributed by atoms with van der Waals surface area (Å²) in [6.45, 7) is 5.40. The number of nitrogens with two attached hydrogens (primary N) is 1. The third kappa shape index (κ3) is 5.32. The molecule has 1 atom stereocenters. The van der Waals surface area contributed by atoms with Crippen molar-refractivity contribution in [1.82, 2.24) is 0 Å². The lowest BCUT2D eigenvalue weighted by Gasteiger charge is -2.21. The van der Waals surface area contributed by atoms with Crippen LogP contribution in [0.1, 0.15) is 38.5 Å². The van der Waals surface area contributed by atoms with E-state index >= 15 is 0 Å². The fourth-order valence-electron chi connectivity index (χ4n) is 2.48. The van der Waals surface area contributed by atoms with Crippen LogP contribution in [0.25, 0.3) is 10.8 Å². The molecule has 2 rings (SSSR count). The van der Waals surface area contributed by atoms with Crippen LogP contribution in [0.2, 0.25) is 0 Å². The minimum absolute atomic E-state index is 0.240. The number of hydrogen-bond acceptors (Lipinski definition) is 6. The maximum atomic E-state index is 12.0. The largest absolute Gasteiger partial charge is 0.469 e. The Balaban J connectivity index is 2.07. The molecule has 0 aliphatic carbocycles. The van der Waals surface area contributed by atoms with E-state index in [1.807, 2.05) is 18.2 Å². The van der Waals surface area contributed by atoms with E-state index in [0.29, 0.717) is 18.6 Å². The quantitative estimate of drug-likeness (QED) is 0.808. The predicted molar refractivity (Wildman–Crippen MR) is 94.1 cm³/mol. The Bertz CT molecular complexity index is 757. The van der Waals surface area contributed by atoms with Gasteiger partial charge in [-0.3, -0.25) is 9.59 Å². The average Bonchev–Trinajstić information content (AvgIpc) is 2.93. The number of benzene rings is 1. The van der Waals surface area contributed by atoms with Crippen molar-refractivity contribution < 1.29 is 23.5 Å². The zero-order valence-electron chi connectivity index (χ0n) is 15.1. The summed E-state index contributed by atoms with van der Waals surface area (Å²) in [5.41, 5.74) is 6.39. The molecule has 0 fully saturated rings. The second-order valence-electron chi connectivity index (χ2n) is 7.00. The molecule has 0 spiro atoms. The van der Waals surface area contributed by atoms with Gasteiger partial charge >= 0.3 is 11.9 Å². The van der Waals surface area contributed by atoms with Crippen LogP contribution in [0.3, 0.4) is 0 Å². The third-order valence-corrected chi connectivity index (χ3v) is 3.70. The van der Waals surface area contributed by atoms with Gasteiger partial charge in [0.05, 0.1) is 13.4 Å². The van der Waals surface area contributed by atoms with E-state index in [-0.39, 0.29) is 12.4 Å². The van der Waals surface area contributed by atoms with E-state index in [0.717, 1.165) is 16.3 Å². The number of hydrogen-bond donors (Lipinski definition) is 1. The fourth-order valence-corrected chi connectivity index (χ4v) is 2.48. The van der Waals surface area contributed by atoms with Gasteiger partial charge in [-0.1, -0.05) is 12.1 Å². The summed E-state index contributed by atoms with van der Waals surface area (Å²) >= 11 is 0. The van der Waals surface area contributed by atoms with Gasteiger partial charge in [0.1, 0.15) is 17.4 Å². The van der Waals surface area contributed by atoms with Crippen LogP contribution in [-0.2, 0) is 31.9 Å². The second kappa shape index (κ2) is 7.70. The molecule has 2 aromatic rings. The molecule has 2 N–H and O–H groups in total. The Morgan fingerprint density at radius 1 is 1.28 bits per heavy atom. The van der Waals surface area contributed by atoms with E-state index in [2.05, 4.69) is 4.74 Å². The molecule has 25 heavy (non-hydrogen) atoms. The van der Waals surface area contributed by atoms with Gasteiger partial charge in [-0.05, 0) is 38.8 Å². The van der Waals surface area contributed by atoms with E-state index in [1.165, 1.54) is 7.11 Å². The van der Waals surface area contributed by atoms with Crippen molar-refractivity contribution in [2.75, 3.05) is 7.11 Å². The molecular weight excluding hydrogens is 322 g/mol. The normalized spacial score (nSPS) is 12.8. The predicted octanol–water partition coefficient (Wildman–Crippen LogP) is 2.75. The lowest BCUT2D eigenvalue weighted by atomic mass is 10.0. The zero-order valence-corrected chi connectivity index (χ0v) is 15.1. The van der Waals surface area contributed by atoms with E-state index in [4.69, 9.17) is 14.9 Å². The standard InChI is InChI=1S/C19H25NO5/c1-19(2,3)25-18(22)15(20)10-16-14-7-5-12(6-8-17(21)23-4)9-13(14)11-24-16/h5,7,9,11,15H,6,8,10,20H2,1-4H3. The summed E-state index contributed by atoms with van der Waals surface area (Å²) in [6.07, 6.45) is 2.82. The molecule has 0 bridgehead atoms. The monoisotopic (exact) mass is 347 g/mol. The number of ether oxygens (including phenoxy) is 2. The summed E-state index contributed by atoms with van der Waals surface area (Å²) in [5.74, 6) is -0.0454. The van der Waals surface area contributed by atoms with E-state index < -0.39 is 17.6 Å². The zero-order chi connectivity index (χ0) is 18.6. The van der Waals surface area contributed by atoms with Crippen LogP contribution >= 0.6 is 0 Å². The maximum Gasteiger partial charge on any atom is 0.323 e. The number of furan rings is 1. The highest BCUT2D eigenvalue weighted by Gasteiger charge is 2.24. The Morgan fingerprint density at radius 3 is 2.64 bits per heavy atom. The lowest BCUT2D eigenvalue weighted by Crippen LogP contribution is -2.38. The summed E-state index contributed by atoms with van der Waals surface area (Å²) in [4.78, 5) is 23.3. The van der Waals surface area contributed by atoms with Crippen LogP contribution < -0.4 is 5.73 Å². The number of carbonyl (C=O) groups excluding carboxylic acids is 2. The van der Waals surface area contributed by atoms with Crippen molar-refractivity contribution in [2.45, 2.75) is 51.7 Å². The first-order chi connectivity index (χ1) is 11.7. The Labute approximate surface area is 147 Å². The molecule has 0 radical (unpaired) electrons. The van der Waals surface area contributed by atoms with Crippen LogP contribution in [0.4, 0.5) is 0 Å². The molecule has 0 saturated carbocycles. The first kappa shape index (κ1) is 19.0. The van der Waals surface area contributed by atoms with Crippen molar-refractivity contribution >= 4 is 22.7 Å². The molecule has 6 nitrogen and oxygen atoms in total. The molecule has 1 aromatic heterocycles. The minimum atomic E-state index is -0.785. The van der Waals surface area contributed by atoms with Crippen LogP contribution in [0.15, 0.2) is 28.9 Å². The van der Waals surface area contributed by atoms with Crippen molar-refractivity contribution in [3.63, 3.8) is 0 Å². The molecule has 0 aliphatic rings. The van der Waals surface area contributed by atoms with Crippen LogP contribution in [0, 0.1) is 0 Å². The Kier molecular flexibility index (Phi) is 5.85. The first-order valence-corrected chi connectivity index (χ1v) is 8.24. The molecule has 1 heterocycles.